The van der Waals surface area contributed by atoms with Crippen molar-refractivity contribution in [2.45, 2.75) is 32.1 Å². The van der Waals surface area contributed by atoms with E-state index < -0.39 is 0 Å². The van der Waals surface area contributed by atoms with Gasteiger partial charge in [-0.2, -0.15) is 0 Å². The fourth-order valence-corrected chi connectivity index (χ4v) is 5.21. The third-order valence-electron chi connectivity index (χ3n) is 6.80. The number of piperidine rings is 1. The number of allylic oxidation sites excluding steroid dienone is 1. The first kappa shape index (κ1) is 21.7. The van der Waals surface area contributed by atoms with E-state index in [9.17, 15) is 9.59 Å². The van der Waals surface area contributed by atoms with Gasteiger partial charge >= 0.3 is 0 Å². The summed E-state index contributed by atoms with van der Waals surface area (Å²) in [6.07, 6.45) is 5.99. The maximum absolute atomic E-state index is 13.8. The molecule has 0 radical (unpaired) electrons. The molecule has 1 fully saturated rings. The highest BCUT2D eigenvalue weighted by Crippen LogP contribution is 2.37. The standard InChI is InChI=1S/C27H26ClN3O2/c28-22-10-3-1-6-18(22)16-19-7-5-9-21-24(20-8-2-4-11-23(20)30-25(19)21)27(33)31-14-12-17(13-15-31)26(29)32/h1-4,6,8,10-11,16-17H,5,7,9,12-15H2,(H2,29,32)/b19-16+. The van der Waals surface area contributed by atoms with Gasteiger partial charge < -0.3 is 10.6 Å². The van der Waals surface area contributed by atoms with Crippen LogP contribution in [0.4, 0.5) is 0 Å². The zero-order valence-corrected chi connectivity index (χ0v) is 19.1. The molecule has 0 atom stereocenters. The van der Waals surface area contributed by atoms with Crippen molar-refractivity contribution in [3.8, 4) is 0 Å². The summed E-state index contributed by atoms with van der Waals surface area (Å²) in [5.41, 5.74) is 11.0. The van der Waals surface area contributed by atoms with Crippen LogP contribution in [0.2, 0.25) is 5.02 Å². The molecule has 3 aromatic rings. The summed E-state index contributed by atoms with van der Waals surface area (Å²) >= 11 is 6.42. The highest BCUT2D eigenvalue weighted by molar-refractivity contribution is 6.32. The first-order valence-corrected chi connectivity index (χ1v) is 11.9. The Morgan fingerprint density at radius 2 is 1.76 bits per heavy atom. The normalized spacial score (nSPS) is 17.8. The van der Waals surface area contributed by atoms with Crippen molar-refractivity contribution in [1.29, 1.82) is 0 Å². The quantitative estimate of drug-likeness (QED) is 0.591. The van der Waals surface area contributed by atoms with E-state index in [1.165, 1.54) is 0 Å². The molecule has 33 heavy (non-hydrogen) atoms. The molecular formula is C27H26ClN3O2. The molecule has 1 aliphatic heterocycles. The molecule has 5 nitrogen and oxygen atoms in total. The van der Waals surface area contributed by atoms with Gasteiger partial charge in [0.15, 0.2) is 0 Å². The van der Waals surface area contributed by atoms with Crippen LogP contribution in [0.1, 0.15) is 52.9 Å². The van der Waals surface area contributed by atoms with Crippen LogP contribution >= 0.6 is 11.6 Å². The number of amides is 2. The molecule has 1 aromatic heterocycles. The second-order valence-corrected chi connectivity index (χ2v) is 9.25. The number of aromatic nitrogens is 1. The number of hydrogen-bond donors (Lipinski definition) is 1. The van der Waals surface area contributed by atoms with Crippen molar-refractivity contribution in [2.24, 2.45) is 11.7 Å². The summed E-state index contributed by atoms with van der Waals surface area (Å²) in [7, 11) is 0. The van der Waals surface area contributed by atoms with Gasteiger partial charge in [0.05, 0.1) is 16.8 Å². The number of nitrogens with two attached hydrogens (primary N) is 1. The van der Waals surface area contributed by atoms with E-state index in [1.807, 2.05) is 53.4 Å². The van der Waals surface area contributed by atoms with Gasteiger partial charge in [-0.15, -0.1) is 0 Å². The fraction of sp³-hybridized carbons (Fsp3) is 0.296. The van der Waals surface area contributed by atoms with Gasteiger partial charge in [-0.3, -0.25) is 9.59 Å². The number of para-hydroxylation sites is 1. The van der Waals surface area contributed by atoms with E-state index in [-0.39, 0.29) is 17.7 Å². The minimum absolute atomic E-state index is 0.0202. The van der Waals surface area contributed by atoms with E-state index in [0.29, 0.717) is 31.0 Å². The number of benzene rings is 2. The predicted octanol–water partition coefficient (Wildman–Crippen LogP) is 5.10. The van der Waals surface area contributed by atoms with Gasteiger partial charge in [0.2, 0.25) is 5.91 Å². The van der Waals surface area contributed by atoms with Crippen LogP contribution in [0.3, 0.4) is 0 Å². The Kier molecular flexibility index (Phi) is 5.90. The molecule has 1 saturated heterocycles. The number of rotatable bonds is 3. The van der Waals surface area contributed by atoms with Crippen molar-refractivity contribution < 1.29 is 9.59 Å². The second-order valence-electron chi connectivity index (χ2n) is 8.84. The average Bonchev–Trinajstić information content (AvgIpc) is 2.84. The van der Waals surface area contributed by atoms with Gasteiger partial charge in [-0.1, -0.05) is 48.0 Å². The third kappa shape index (κ3) is 4.13. The largest absolute Gasteiger partial charge is 0.369 e. The maximum atomic E-state index is 13.8. The second kappa shape index (κ2) is 8.99. The molecule has 6 heteroatoms. The number of likely N-dealkylation sites (tertiary alicyclic amines) is 1. The molecule has 0 bridgehead atoms. The molecule has 2 aliphatic rings. The average molecular weight is 460 g/mol. The summed E-state index contributed by atoms with van der Waals surface area (Å²) in [6.45, 7) is 1.08. The molecule has 2 N–H and O–H groups in total. The third-order valence-corrected chi connectivity index (χ3v) is 7.15. The monoisotopic (exact) mass is 459 g/mol. The zero-order valence-electron chi connectivity index (χ0n) is 18.4. The van der Waals surface area contributed by atoms with Gasteiger partial charge in [0.25, 0.3) is 5.91 Å². The summed E-state index contributed by atoms with van der Waals surface area (Å²) in [6, 6.07) is 15.6. The number of pyridine rings is 1. The van der Waals surface area contributed by atoms with Crippen molar-refractivity contribution in [3.05, 3.63) is 75.9 Å². The molecular weight excluding hydrogens is 434 g/mol. The highest BCUT2D eigenvalue weighted by atomic mass is 35.5. The van der Waals surface area contributed by atoms with E-state index in [4.69, 9.17) is 22.3 Å². The molecule has 0 unspecified atom stereocenters. The number of primary amides is 1. The molecule has 2 aromatic carbocycles. The lowest BCUT2D eigenvalue weighted by Gasteiger charge is -2.32. The van der Waals surface area contributed by atoms with Crippen LogP contribution in [0.15, 0.2) is 48.5 Å². The zero-order chi connectivity index (χ0) is 22.9. The molecule has 2 heterocycles. The predicted molar refractivity (Wildman–Crippen MR) is 132 cm³/mol. The minimum atomic E-state index is -0.275. The van der Waals surface area contributed by atoms with E-state index in [0.717, 1.165) is 58.1 Å². The Balaban J connectivity index is 1.61. The van der Waals surface area contributed by atoms with Gasteiger partial charge in [0, 0.05) is 29.4 Å². The Labute approximate surface area is 198 Å². The number of halogens is 1. The van der Waals surface area contributed by atoms with E-state index >= 15 is 0 Å². The van der Waals surface area contributed by atoms with Gasteiger partial charge in [-0.05, 0) is 67.0 Å². The lowest BCUT2D eigenvalue weighted by Crippen LogP contribution is -2.42. The van der Waals surface area contributed by atoms with Gasteiger partial charge in [-0.25, -0.2) is 4.98 Å². The lowest BCUT2D eigenvalue weighted by atomic mass is 9.85. The molecule has 168 valence electrons. The van der Waals surface area contributed by atoms with Crippen molar-refractivity contribution >= 4 is 46.0 Å². The number of fused-ring (bicyclic) bond motifs is 2. The van der Waals surface area contributed by atoms with Crippen LogP contribution in [-0.2, 0) is 11.2 Å². The summed E-state index contributed by atoms with van der Waals surface area (Å²) in [5.74, 6) is -0.405. The van der Waals surface area contributed by atoms with Crippen LogP contribution in [-0.4, -0.2) is 34.8 Å². The van der Waals surface area contributed by atoms with E-state index in [1.54, 1.807) is 0 Å². The summed E-state index contributed by atoms with van der Waals surface area (Å²) in [4.78, 5) is 32.3. The molecule has 1 aliphatic carbocycles. The molecule has 0 saturated carbocycles. The molecule has 2 amide bonds. The number of carbonyl (C=O) groups excluding carboxylic acids is 2. The Hall–Kier alpha value is -3.18. The number of hydrogen-bond acceptors (Lipinski definition) is 3. The topological polar surface area (TPSA) is 76.3 Å². The first-order chi connectivity index (χ1) is 16.0. The summed E-state index contributed by atoms with van der Waals surface area (Å²) < 4.78 is 0. The van der Waals surface area contributed by atoms with Crippen molar-refractivity contribution in [1.82, 2.24) is 9.88 Å². The Morgan fingerprint density at radius 3 is 2.52 bits per heavy atom. The summed E-state index contributed by atoms with van der Waals surface area (Å²) in [5, 5.41) is 1.59. The van der Waals surface area contributed by atoms with Crippen molar-refractivity contribution in [3.63, 3.8) is 0 Å². The van der Waals surface area contributed by atoms with Crippen LogP contribution < -0.4 is 5.73 Å². The molecule has 0 spiro atoms. The molecule has 5 rings (SSSR count). The van der Waals surface area contributed by atoms with Crippen LogP contribution in [0, 0.1) is 5.92 Å². The van der Waals surface area contributed by atoms with Gasteiger partial charge in [0.1, 0.15) is 0 Å². The SMILES string of the molecule is NC(=O)C1CCN(C(=O)c2c3c(nc4ccccc24)/C(=C/c2ccccc2Cl)CCC3)CC1. The highest BCUT2D eigenvalue weighted by Gasteiger charge is 2.31. The number of carbonyl (C=O) groups is 2. The first-order valence-electron chi connectivity index (χ1n) is 11.5. The minimum Gasteiger partial charge on any atom is -0.369 e. The number of nitrogens with zero attached hydrogens (tertiary/aromatic N) is 2. The van der Waals surface area contributed by atoms with Crippen molar-refractivity contribution in [2.75, 3.05) is 13.1 Å². The Morgan fingerprint density at radius 1 is 1.03 bits per heavy atom. The van der Waals surface area contributed by atoms with Crippen LogP contribution in [0.5, 0.6) is 0 Å². The maximum Gasteiger partial charge on any atom is 0.254 e. The lowest BCUT2D eigenvalue weighted by molar-refractivity contribution is -0.123. The smallest absolute Gasteiger partial charge is 0.254 e. The Bertz CT molecular complexity index is 1280. The van der Waals surface area contributed by atoms with Crippen LogP contribution in [0.25, 0.3) is 22.6 Å². The fourth-order valence-electron chi connectivity index (χ4n) is 5.02. The van der Waals surface area contributed by atoms with E-state index in [2.05, 4.69) is 6.08 Å².